The van der Waals surface area contributed by atoms with Gasteiger partial charge in [0.2, 0.25) is 17.7 Å². The summed E-state index contributed by atoms with van der Waals surface area (Å²) in [5, 5.41) is 26.9. The van der Waals surface area contributed by atoms with Crippen molar-refractivity contribution in [3.8, 4) is 5.75 Å². The van der Waals surface area contributed by atoms with Gasteiger partial charge < -0.3 is 37.6 Å². The van der Waals surface area contributed by atoms with Gasteiger partial charge in [-0.25, -0.2) is 4.79 Å². The molecule has 0 heterocycles. The Morgan fingerprint density at radius 2 is 1.51 bits per heavy atom. The van der Waals surface area contributed by atoms with Crippen LogP contribution < -0.4 is 27.4 Å². The Labute approximate surface area is 222 Å². The second kappa shape index (κ2) is 16.8. The van der Waals surface area contributed by atoms with Crippen LogP contribution in [0, 0.1) is 5.92 Å². The predicted octanol–water partition coefficient (Wildman–Crippen LogP) is 0.339. The maximum absolute atomic E-state index is 13.3. The lowest BCUT2D eigenvalue weighted by atomic mass is 10.0. The predicted molar refractivity (Wildman–Crippen MR) is 144 cm³/mol. The molecule has 0 aliphatic rings. The summed E-state index contributed by atoms with van der Waals surface area (Å²) in [5.74, 6) is -2.65. The first-order valence-corrected chi connectivity index (χ1v) is 13.8. The second-order valence-corrected chi connectivity index (χ2v) is 10.2. The van der Waals surface area contributed by atoms with Crippen LogP contribution in [-0.2, 0) is 25.6 Å². The molecule has 0 unspecified atom stereocenters. The molecule has 1 aromatic carbocycles. The molecule has 0 saturated heterocycles. The smallest absolute Gasteiger partial charge is 0.326 e. The van der Waals surface area contributed by atoms with E-state index in [1.54, 1.807) is 26.0 Å². The number of thioether (sulfide) groups is 1. The average molecular weight is 540 g/mol. The Kier molecular flexibility index (Phi) is 14.6. The van der Waals surface area contributed by atoms with E-state index >= 15 is 0 Å². The highest BCUT2D eigenvalue weighted by atomic mass is 32.2. The van der Waals surface area contributed by atoms with Gasteiger partial charge in [-0.15, -0.1) is 0 Å². The first kappa shape index (κ1) is 32.2. The Morgan fingerprint density at radius 3 is 2.05 bits per heavy atom. The zero-order valence-corrected chi connectivity index (χ0v) is 22.6. The van der Waals surface area contributed by atoms with Gasteiger partial charge in [0.1, 0.15) is 23.9 Å². The molecule has 0 aliphatic heterocycles. The molecule has 0 aliphatic carbocycles. The molecule has 3 amide bonds. The van der Waals surface area contributed by atoms with E-state index in [1.807, 2.05) is 6.26 Å². The molecular formula is C25H41N5O6S. The number of aromatic hydroxyl groups is 1. The van der Waals surface area contributed by atoms with Gasteiger partial charge in [-0.3, -0.25) is 14.4 Å². The summed E-state index contributed by atoms with van der Waals surface area (Å²) in [7, 11) is 0. The van der Waals surface area contributed by atoms with Gasteiger partial charge in [0.15, 0.2) is 0 Å². The third-order valence-electron chi connectivity index (χ3n) is 5.79. The molecule has 1 rings (SSSR count). The quantitative estimate of drug-likeness (QED) is 0.136. The van der Waals surface area contributed by atoms with Crippen LogP contribution in [0.2, 0.25) is 0 Å². The van der Waals surface area contributed by atoms with E-state index in [1.165, 1.54) is 23.9 Å². The zero-order valence-electron chi connectivity index (χ0n) is 21.7. The van der Waals surface area contributed by atoms with Crippen LogP contribution in [0.1, 0.15) is 45.1 Å². The number of carboxylic acid groups (broad SMARTS) is 1. The highest BCUT2D eigenvalue weighted by Crippen LogP contribution is 2.13. The summed E-state index contributed by atoms with van der Waals surface area (Å²) >= 11 is 1.48. The lowest BCUT2D eigenvalue weighted by molar-refractivity contribution is -0.143. The van der Waals surface area contributed by atoms with E-state index < -0.39 is 47.9 Å². The fraction of sp³-hybridized carbons (Fsp3) is 0.600. The Balaban J connectivity index is 3.08. The largest absolute Gasteiger partial charge is 0.508 e. The molecule has 11 nitrogen and oxygen atoms in total. The number of amides is 3. The van der Waals surface area contributed by atoms with E-state index in [0.29, 0.717) is 30.7 Å². The van der Waals surface area contributed by atoms with E-state index in [0.717, 1.165) is 6.42 Å². The number of carboxylic acids is 1. The van der Waals surface area contributed by atoms with Crippen LogP contribution in [0.25, 0.3) is 0 Å². The van der Waals surface area contributed by atoms with Gasteiger partial charge in [-0.1, -0.05) is 32.4 Å². The molecule has 12 heteroatoms. The molecule has 0 radical (unpaired) electrons. The summed E-state index contributed by atoms with van der Waals surface area (Å²) in [6.45, 7) is 3.84. The molecule has 4 atom stereocenters. The average Bonchev–Trinajstić information content (AvgIpc) is 2.85. The molecule has 1 aromatic rings. The van der Waals surface area contributed by atoms with Crippen molar-refractivity contribution in [3.63, 3.8) is 0 Å². The molecule has 0 fully saturated rings. The molecule has 0 aromatic heterocycles. The first-order valence-electron chi connectivity index (χ1n) is 12.4. The van der Waals surface area contributed by atoms with Crippen molar-refractivity contribution in [2.45, 2.75) is 70.1 Å². The SMILES string of the molecule is CSCC[C@H](NC(=O)[C@H](Cc1ccc(O)cc1)NC(=O)[C@@H](N)CCCCN)C(=O)N[C@H](C(=O)O)C(C)C. The summed E-state index contributed by atoms with van der Waals surface area (Å²) in [6.07, 6.45) is 4.00. The van der Waals surface area contributed by atoms with Crippen molar-refractivity contribution in [1.29, 1.82) is 0 Å². The van der Waals surface area contributed by atoms with Gasteiger partial charge in [0.05, 0.1) is 6.04 Å². The third kappa shape index (κ3) is 11.8. The maximum atomic E-state index is 13.3. The topological polar surface area (TPSA) is 197 Å². The van der Waals surface area contributed by atoms with Gasteiger partial charge in [0.25, 0.3) is 0 Å². The first-order chi connectivity index (χ1) is 17.5. The molecule has 0 spiro atoms. The zero-order chi connectivity index (χ0) is 28.0. The van der Waals surface area contributed by atoms with Crippen LogP contribution in [0.5, 0.6) is 5.75 Å². The molecule has 9 N–H and O–H groups in total. The number of nitrogens with one attached hydrogen (secondary N) is 3. The summed E-state index contributed by atoms with van der Waals surface area (Å²) in [6, 6.07) is 2.19. The lowest BCUT2D eigenvalue weighted by Gasteiger charge is -2.26. The second-order valence-electron chi connectivity index (χ2n) is 9.23. The molecular weight excluding hydrogens is 498 g/mol. The number of aliphatic carboxylic acids is 1. The summed E-state index contributed by atoms with van der Waals surface area (Å²) < 4.78 is 0. The van der Waals surface area contributed by atoms with Crippen molar-refractivity contribution in [2.75, 3.05) is 18.6 Å². The van der Waals surface area contributed by atoms with Crippen molar-refractivity contribution in [2.24, 2.45) is 17.4 Å². The number of carbonyl (C=O) groups excluding carboxylic acids is 3. The standard InChI is InChI=1S/C25H41N5O6S/c1-15(2)21(25(35)36)30-23(33)19(11-13-37-3)28-24(34)20(14-16-7-9-17(31)10-8-16)29-22(32)18(27)6-4-5-12-26/h7-10,15,18-21,31H,4-6,11-14,26-27H2,1-3H3,(H,28,34)(H,29,32)(H,30,33)(H,35,36)/t18-,19-,20-,21-/m0/s1. The van der Waals surface area contributed by atoms with E-state index in [2.05, 4.69) is 16.0 Å². The number of hydrogen-bond donors (Lipinski definition) is 7. The number of phenols is 1. The minimum atomic E-state index is -1.17. The fourth-order valence-electron chi connectivity index (χ4n) is 3.54. The maximum Gasteiger partial charge on any atom is 0.326 e. The van der Waals surface area contributed by atoms with Crippen LogP contribution in [0.15, 0.2) is 24.3 Å². The van der Waals surface area contributed by atoms with E-state index in [4.69, 9.17) is 11.5 Å². The molecule has 208 valence electrons. The number of carbonyl (C=O) groups is 4. The van der Waals surface area contributed by atoms with Gasteiger partial charge in [0, 0.05) is 6.42 Å². The van der Waals surface area contributed by atoms with Crippen molar-refractivity contribution < 1.29 is 29.4 Å². The summed E-state index contributed by atoms with van der Waals surface area (Å²) in [5.41, 5.74) is 12.2. The van der Waals surface area contributed by atoms with Crippen molar-refractivity contribution in [3.05, 3.63) is 29.8 Å². The normalized spacial score (nSPS) is 14.3. The highest BCUT2D eigenvalue weighted by Gasteiger charge is 2.31. The van der Waals surface area contributed by atoms with Gasteiger partial charge in [-0.05, 0) is 61.4 Å². The number of hydrogen-bond acceptors (Lipinski definition) is 8. The summed E-state index contributed by atoms with van der Waals surface area (Å²) in [4.78, 5) is 50.6. The van der Waals surface area contributed by atoms with E-state index in [-0.39, 0.29) is 24.5 Å². The number of unbranched alkanes of at least 4 members (excludes halogenated alkanes) is 1. The Bertz CT molecular complexity index is 883. The minimum Gasteiger partial charge on any atom is -0.508 e. The number of phenolic OH excluding ortho intramolecular Hbond substituents is 1. The number of rotatable bonds is 17. The molecule has 37 heavy (non-hydrogen) atoms. The van der Waals surface area contributed by atoms with Crippen LogP contribution in [0.4, 0.5) is 0 Å². The van der Waals surface area contributed by atoms with Crippen LogP contribution >= 0.6 is 11.8 Å². The molecule has 0 bridgehead atoms. The third-order valence-corrected chi connectivity index (χ3v) is 6.43. The highest BCUT2D eigenvalue weighted by molar-refractivity contribution is 7.98. The van der Waals surface area contributed by atoms with Gasteiger partial charge in [-0.2, -0.15) is 11.8 Å². The van der Waals surface area contributed by atoms with E-state index in [9.17, 15) is 29.4 Å². The minimum absolute atomic E-state index is 0.0580. The molecule has 0 saturated carbocycles. The monoisotopic (exact) mass is 539 g/mol. The van der Waals surface area contributed by atoms with Crippen molar-refractivity contribution in [1.82, 2.24) is 16.0 Å². The Morgan fingerprint density at radius 1 is 0.919 bits per heavy atom. The van der Waals surface area contributed by atoms with Crippen LogP contribution in [-0.4, -0.2) is 76.6 Å². The number of nitrogens with two attached hydrogens (primary N) is 2. The Hall–Kier alpha value is -2.83. The van der Waals surface area contributed by atoms with Crippen molar-refractivity contribution >= 4 is 35.5 Å². The fourth-order valence-corrected chi connectivity index (χ4v) is 4.01. The van der Waals surface area contributed by atoms with Crippen LogP contribution in [0.3, 0.4) is 0 Å². The van der Waals surface area contributed by atoms with Gasteiger partial charge >= 0.3 is 5.97 Å². The lowest BCUT2D eigenvalue weighted by Crippen LogP contribution is -2.58. The number of benzene rings is 1.